The third-order valence-corrected chi connectivity index (χ3v) is 2.15. The lowest BCUT2D eigenvalue weighted by Crippen LogP contribution is -2.33. The van der Waals surface area contributed by atoms with Crippen LogP contribution in [0, 0.1) is 5.92 Å². The standard InChI is InChI=1S/C10H17NO/c1-7(2)9-5-6-10(12-4)8(3)11-9/h5-7,9,11H,1-4H3. The van der Waals surface area contributed by atoms with Gasteiger partial charge in [-0.1, -0.05) is 19.9 Å². The molecule has 1 unspecified atom stereocenters. The smallest absolute Gasteiger partial charge is 0.137 e. The quantitative estimate of drug-likeness (QED) is 0.679. The first-order valence-electron chi connectivity index (χ1n) is 4.34. The van der Waals surface area contributed by atoms with Gasteiger partial charge in [0.1, 0.15) is 5.76 Å². The molecule has 1 heterocycles. The Morgan fingerprint density at radius 2 is 2.17 bits per heavy atom. The van der Waals surface area contributed by atoms with E-state index in [1.807, 2.05) is 13.0 Å². The zero-order chi connectivity index (χ0) is 9.14. The number of methoxy groups -OCH3 is 1. The van der Waals surface area contributed by atoms with Crippen LogP contribution in [0.1, 0.15) is 20.8 Å². The predicted octanol–water partition coefficient (Wildman–Crippen LogP) is 2.05. The van der Waals surface area contributed by atoms with Crippen molar-refractivity contribution in [3.63, 3.8) is 0 Å². The molecule has 1 atom stereocenters. The zero-order valence-electron chi connectivity index (χ0n) is 8.22. The average molecular weight is 167 g/mol. The van der Waals surface area contributed by atoms with Gasteiger partial charge in [-0.2, -0.15) is 0 Å². The van der Waals surface area contributed by atoms with Crippen molar-refractivity contribution in [2.75, 3.05) is 7.11 Å². The van der Waals surface area contributed by atoms with Gasteiger partial charge in [0.2, 0.25) is 0 Å². The Morgan fingerprint density at radius 3 is 2.58 bits per heavy atom. The zero-order valence-corrected chi connectivity index (χ0v) is 8.22. The van der Waals surface area contributed by atoms with Crippen LogP contribution in [0.5, 0.6) is 0 Å². The van der Waals surface area contributed by atoms with E-state index in [4.69, 9.17) is 4.74 Å². The van der Waals surface area contributed by atoms with Crippen LogP contribution in [0.3, 0.4) is 0 Å². The molecular weight excluding hydrogens is 150 g/mol. The lowest BCUT2D eigenvalue weighted by atomic mass is 10.0. The van der Waals surface area contributed by atoms with Gasteiger partial charge in [-0.25, -0.2) is 0 Å². The fourth-order valence-electron chi connectivity index (χ4n) is 1.30. The second-order valence-corrected chi connectivity index (χ2v) is 3.47. The molecule has 2 nitrogen and oxygen atoms in total. The molecule has 0 aromatic rings. The van der Waals surface area contributed by atoms with E-state index in [9.17, 15) is 0 Å². The van der Waals surface area contributed by atoms with Gasteiger partial charge in [0.25, 0.3) is 0 Å². The largest absolute Gasteiger partial charge is 0.495 e. The maximum absolute atomic E-state index is 5.16. The van der Waals surface area contributed by atoms with Crippen molar-refractivity contribution in [3.05, 3.63) is 23.6 Å². The van der Waals surface area contributed by atoms with Crippen LogP contribution in [-0.4, -0.2) is 13.2 Å². The molecule has 0 radical (unpaired) electrons. The second kappa shape index (κ2) is 3.65. The van der Waals surface area contributed by atoms with Crippen LogP contribution in [0.2, 0.25) is 0 Å². The predicted molar refractivity (Wildman–Crippen MR) is 50.6 cm³/mol. The number of nitrogens with one attached hydrogen (secondary N) is 1. The summed E-state index contributed by atoms with van der Waals surface area (Å²) in [5, 5.41) is 3.38. The highest BCUT2D eigenvalue weighted by Crippen LogP contribution is 2.15. The molecule has 0 amide bonds. The fraction of sp³-hybridized carbons (Fsp3) is 0.600. The minimum absolute atomic E-state index is 0.448. The van der Waals surface area contributed by atoms with E-state index in [1.165, 1.54) is 0 Å². The summed E-state index contributed by atoms with van der Waals surface area (Å²) in [6.07, 6.45) is 4.19. The molecule has 0 spiro atoms. The highest BCUT2D eigenvalue weighted by Gasteiger charge is 2.14. The molecule has 0 fully saturated rings. The van der Waals surface area contributed by atoms with Crippen LogP contribution in [-0.2, 0) is 4.74 Å². The van der Waals surface area contributed by atoms with Crippen molar-refractivity contribution in [1.82, 2.24) is 5.32 Å². The number of hydrogen-bond donors (Lipinski definition) is 1. The Labute approximate surface area is 74.3 Å². The third kappa shape index (κ3) is 1.81. The number of rotatable bonds is 2. The summed E-state index contributed by atoms with van der Waals surface area (Å²) in [5.41, 5.74) is 1.12. The summed E-state index contributed by atoms with van der Waals surface area (Å²) in [5.74, 6) is 1.56. The van der Waals surface area contributed by atoms with E-state index >= 15 is 0 Å². The molecular formula is C10H17NO. The molecule has 0 saturated heterocycles. The van der Waals surface area contributed by atoms with Crippen LogP contribution in [0.4, 0.5) is 0 Å². The summed E-state index contributed by atoms with van der Waals surface area (Å²) in [6, 6.07) is 0.448. The number of dihydropyridines is 1. The molecule has 1 aliphatic rings. The van der Waals surface area contributed by atoms with Crippen LogP contribution >= 0.6 is 0 Å². The number of ether oxygens (including phenoxy) is 1. The van der Waals surface area contributed by atoms with Crippen molar-refractivity contribution in [1.29, 1.82) is 0 Å². The Hall–Kier alpha value is -0.920. The van der Waals surface area contributed by atoms with E-state index in [2.05, 4.69) is 25.2 Å². The van der Waals surface area contributed by atoms with Crippen LogP contribution in [0.25, 0.3) is 0 Å². The normalized spacial score (nSPS) is 22.9. The minimum Gasteiger partial charge on any atom is -0.495 e. The first-order valence-corrected chi connectivity index (χ1v) is 4.34. The van der Waals surface area contributed by atoms with Crippen molar-refractivity contribution < 1.29 is 4.74 Å². The lowest BCUT2D eigenvalue weighted by Gasteiger charge is -2.25. The maximum atomic E-state index is 5.16. The van der Waals surface area contributed by atoms with Gasteiger partial charge < -0.3 is 10.1 Å². The summed E-state index contributed by atoms with van der Waals surface area (Å²) in [6.45, 7) is 6.44. The number of hydrogen-bond acceptors (Lipinski definition) is 2. The third-order valence-electron chi connectivity index (χ3n) is 2.15. The Balaban J connectivity index is 2.68. The summed E-state index contributed by atoms with van der Waals surface area (Å²) in [7, 11) is 1.69. The van der Waals surface area contributed by atoms with Crippen molar-refractivity contribution in [2.45, 2.75) is 26.8 Å². The lowest BCUT2D eigenvalue weighted by molar-refractivity contribution is 0.292. The van der Waals surface area contributed by atoms with Gasteiger partial charge in [-0.3, -0.25) is 0 Å². The van der Waals surface area contributed by atoms with Crippen molar-refractivity contribution in [2.24, 2.45) is 5.92 Å². The molecule has 1 aliphatic heterocycles. The first-order chi connectivity index (χ1) is 5.65. The average Bonchev–Trinajstić information content (AvgIpc) is 2.04. The van der Waals surface area contributed by atoms with E-state index in [1.54, 1.807) is 7.11 Å². The van der Waals surface area contributed by atoms with Crippen molar-refractivity contribution >= 4 is 0 Å². The molecule has 0 aromatic carbocycles. The molecule has 68 valence electrons. The monoisotopic (exact) mass is 167 g/mol. The summed E-state index contributed by atoms with van der Waals surface area (Å²) in [4.78, 5) is 0. The summed E-state index contributed by atoms with van der Waals surface area (Å²) < 4.78 is 5.16. The topological polar surface area (TPSA) is 21.3 Å². The first kappa shape index (κ1) is 9.17. The Kier molecular flexibility index (Phi) is 2.79. The van der Waals surface area contributed by atoms with Gasteiger partial charge in [0.05, 0.1) is 12.8 Å². The molecule has 12 heavy (non-hydrogen) atoms. The maximum Gasteiger partial charge on any atom is 0.137 e. The molecule has 0 aliphatic carbocycles. The van der Waals surface area contributed by atoms with Gasteiger partial charge in [-0.15, -0.1) is 0 Å². The molecule has 2 heteroatoms. The fourth-order valence-corrected chi connectivity index (χ4v) is 1.30. The highest BCUT2D eigenvalue weighted by molar-refractivity contribution is 5.25. The second-order valence-electron chi connectivity index (χ2n) is 3.47. The Bertz CT molecular complexity index is 216. The SMILES string of the molecule is COC1=C(C)NC(C(C)C)C=C1. The Morgan fingerprint density at radius 1 is 1.50 bits per heavy atom. The molecule has 1 rings (SSSR count). The van der Waals surface area contributed by atoms with Crippen molar-refractivity contribution in [3.8, 4) is 0 Å². The van der Waals surface area contributed by atoms with Gasteiger partial charge in [-0.05, 0) is 18.9 Å². The molecule has 0 aromatic heterocycles. The molecule has 0 bridgehead atoms. The van der Waals surface area contributed by atoms with E-state index in [0.717, 1.165) is 11.5 Å². The number of allylic oxidation sites excluding steroid dienone is 2. The van der Waals surface area contributed by atoms with Gasteiger partial charge >= 0.3 is 0 Å². The van der Waals surface area contributed by atoms with Gasteiger partial charge in [0, 0.05) is 6.04 Å². The molecule has 0 saturated carbocycles. The minimum atomic E-state index is 0.448. The van der Waals surface area contributed by atoms with E-state index in [-0.39, 0.29) is 0 Å². The van der Waals surface area contributed by atoms with Gasteiger partial charge in [0.15, 0.2) is 0 Å². The molecule has 1 N–H and O–H groups in total. The van der Waals surface area contributed by atoms with Crippen LogP contribution < -0.4 is 5.32 Å². The van der Waals surface area contributed by atoms with E-state index in [0.29, 0.717) is 12.0 Å². The summed E-state index contributed by atoms with van der Waals surface area (Å²) >= 11 is 0. The van der Waals surface area contributed by atoms with Crippen LogP contribution in [0.15, 0.2) is 23.6 Å². The van der Waals surface area contributed by atoms with E-state index < -0.39 is 0 Å². The highest BCUT2D eigenvalue weighted by atomic mass is 16.5.